The van der Waals surface area contributed by atoms with E-state index in [0.29, 0.717) is 24.1 Å². The van der Waals surface area contributed by atoms with Crippen molar-refractivity contribution >= 4 is 27.3 Å². The first kappa shape index (κ1) is 16.5. The van der Waals surface area contributed by atoms with Crippen molar-refractivity contribution in [2.75, 3.05) is 12.3 Å². The van der Waals surface area contributed by atoms with Gasteiger partial charge < -0.3 is 10.8 Å². The molecule has 0 radical (unpaired) electrons. The van der Waals surface area contributed by atoms with E-state index in [0.717, 1.165) is 19.3 Å². The maximum atomic E-state index is 12.4. The molecule has 1 aromatic rings. The maximum Gasteiger partial charge on any atom is 0.241 e. The Hall–Kier alpha value is -0.820. The minimum atomic E-state index is -3.75. The Labute approximate surface area is 130 Å². The van der Waals surface area contributed by atoms with Gasteiger partial charge in [-0.15, -0.1) is 0 Å². The molecule has 0 heterocycles. The van der Waals surface area contributed by atoms with E-state index in [4.69, 9.17) is 17.3 Å². The van der Waals surface area contributed by atoms with Crippen LogP contribution in [0.2, 0.25) is 5.02 Å². The first-order valence-corrected chi connectivity index (χ1v) is 8.87. The lowest BCUT2D eigenvalue weighted by molar-refractivity contribution is 0.00945. The van der Waals surface area contributed by atoms with Gasteiger partial charge in [0.05, 0.1) is 10.5 Å². The van der Waals surface area contributed by atoms with Crippen molar-refractivity contribution < 1.29 is 13.5 Å². The van der Waals surface area contributed by atoms with Gasteiger partial charge >= 0.3 is 0 Å². The molecule has 7 heteroatoms. The predicted octanol–water partition coefficient (Wildman–Crippen LogP) is 2.20. The molecule has 2 rings (SSSR count). The molecule has 21 heavy (non-hydrogen) atoms. The van der Waals surface area contributed by atoms with E-state index in [9.17, 15) is 13.5 Å². The van der Waals surface area contributed by atoms with E-state index in [1.165, 1.54) is 12.1 Å². The molecule has 1 aliphatic carbocycles. The lowest BCUT2D eigenvalue weighted by Crippen LogP contribution is -2.44. The Kier molecular flexibility index (Phi) is 4.82. The first-order chi connectivity index (χ1) is 9.73. The van der Waals surface area contributed by atoms with Crippen LogP contribution in [-0.4, -0.2) is 25.7 Å². The van der Waals surface area contributed by atoms with Gasteiger partial charge in [-0.1, -0.05) is 30.9 Å². The molecule has 1 aliphatic rings. The first-order valence-electron chi connectivity index (χ1n) is 7.01. The van der Waals surface area contributed by atoms with Crippen molar-refractivity contribution in [3.05, 3.63) is 22.7 Å². The summed E-state index contributed by atoms with van der Waals surface area (Å²) < 4.78 is 27.3. The number of benzene rings is 1. The highest BCUT2D eigenvalue weighted by molar-refractivity contribution is 7.89. The van der Waals surface area contributed by atoms with Gasteiger partial charge in [0.25, 0.3) is 0 Å². The smallest absolute Gasteiger partial charge is 0.241 e. The van der Waals surface area contributed by atoms with E-state index >= 15 is 0 Å². The normalized spacial score (nSPS) is 18.6. The van der Waals surface area contributed by atoms with Crippen LogP contribution in [0, 0.1) is 6.92 Å². The predicted molar refractivity (Wildman–Crippen MR) is 83.8 cm³/mol. The average Bonchev–Trinajstić information content (AvgIpc) is 2.42. The van der Waals surface area contributed by atoms with Gasteiger partial charge in [0.1, 0.15) is 0 Å². The third kappa shape index (κ3) is 3.88. The fourth-order valence-electron chi connectivity index (χ4n) is 2.65. The molecule has 0 bridgehead atoms. The summed E-state index contributed by atoms with van der Waals surface area (Å²) in [6.07, 6.45) is 4.15. The molecule has 5 nitrogen and oxygen atoms in total. The number of nitrogen functional groups attached to an aromatic ring is 1. The third-order valence-electron chi connectivity index (χ3n) is 4.03. The monoisotopic (exact) mass is 332 g/mol. The van der Waals surface area contributed by atoms with Crippen LogP contribution in [0.15, 0.2) is 17.0 Å². The Bertz CT molecular complexity index is 625. The number of halogens is 1. The van der Waals surface area contributed by atoms with Crippen molar-refractivity contribution in [2.24, 2.45) is 0 Å². The summed E-state index contributed by atoms with van der Waals surface area (Å²) in [6, 6.07) is 2.89. The minimum absolute atomic E-state index is 0.0151. The van der Waals surface area contributed by atoms with Gasteiger partial charge in [-0.3, -0.25) is 0 Å². The number of nitrogens with two attached hydrogens (primary N) is 1. The van der Waals surface area contributed by atoms with E-state index in [-0.39, 0.29) is 16.5 Å². The van der Waals surface area contributed by atoms with Crippen LogP contribution in [0.4, 0.5) is 5.69 Å². The zero-order valence-electron chi connectivity index (χ0n) is 12.0. The fourth-order valence-corrected chi connectivity index (χ4v) is 4.36. The highest BCUT2D eigenvalue weighted by Gasteiger charge is 2.31. The summed E-state index contributed by atoms with van der Waals surface area (Å²) in [5.41, 5.74) is 5.60. The van der Waals surface area contributed by atoms with Crippen LogP contribution in [0.3, 0.4) is 0 Å². The minimum Gasteiger partial charge on any atom is -0.398 e. The molecule has 0 spiro atoms. The van der Waals surface area contributed by atoms with Crippen molar-refractivity contribution in [1.82, 2.24) is 4.72 Å². The zero-order valence-corrected chi connectivity index (χ0v) is 13.6. The van der Waals surface area contributed by atoms with Crippen molar-refractivity contribution in [3.8, 4) is 0 Å². The van der Waals surface area contributed by atoms with Gasteiger partial charge in [0.2, 0.25) is 10.0 Å². The number of hydrogen-bond acceptors (Lipinski definition) is 4. The van der Waals surface area contributed by atoms with Crippen LogP contribution >= 0.6 is 11.6 Å². The highest BCUT2D eigenvalue weighted by atomic mass is 35.5. The zero-order chi connectivity index (χ0) is 15.7. The van der Waals surface area contributed by atoms with Crippen LogP contribution in [0.25, 0.3) is 0 Å². The second-order valence-electron chi connectivity index (χ2n) is 5.73. The SMILES string of the molecule is Cc1c(N)cc(Cl)cc1S(=O)(=O)NCC1(O)CCCCC1. The largest absolute Gasteiger partial charge is 0.398 e. The molecular formula is C14H21ClN2O3S. The Morgan fingerprint density at radius 3 is 2.57 bits per heavy atom. The molecule has 0 atom stereocenters. The summed E-state index contributed by atoms with van der Waals surface area (Å²) in [5, 5.41) is 10.7. The molecule has 0 unspecified atom stereocenters. The third-order valence-corrected chi connectivity index (χ3v) is 5.78. The van der Waals surface area contributed by atoms with Crippen molar-refractivity contribution in [3.63, 3.8) is 0 Å². The molecule has 0 aromatic heterocycles. The quantitative estimate of drug-likeness (QED) is 0.737. The van der Waals surface area contributed by atoms with Gasteiger partial charge in [0, 0.05) is 17.3 Å². The van der Waals surface area contributed by atoms with E-state index in [1.54, 1.807) is 6.92 Å². The molecule has 0 amide bonds. The molecule has 1 aromatic carbocycles. The van der Waals surface area contributed by atoms with Gasteiger partial charge in [-0.25, -0.2) is 13.1 Å². The van der Waals surface area contributed by atoms with Gasteiger partial charge in [-0.05, 0) is 37.5 Å². The number of sulfonamides is 1. The number of nitrogens with one attached hydrogen (secondary N) is 1. The van der Waals surface area contributed by atoms with Crippen molar-refractivity contribution in [2.45, 2.75) is 49.5 Å². The highest BCUT2D eigenvalue weighted by Crippen LogP contribution is 2.29. The topological polar surface area (TPSA) is 92.4 Å². The van der Waals surface area contributed by atoms with Crippen LogP contribution < -0.4 is 10.5 Å². The van der Waals surface area contributed by atoms with Crippen LogP contribution in [0.5, 0.6) is 0 Å². The number of aliphatic hydroxyl groups is 1. The summed E-state index contributed by atoms with van der Waals surface area (Å²) in [5.74, 6) is 0. The average molecular weight is 333 g/mol. The number of anilines is 1. The second kappa shape index (κ2) is 6.12. The van der Waals surface area contributed by atoms with Crippen LogP contribution in [0.1, 0.15) is 37.7 Å². The summed E-state index contributed by atoms with van der Waals surface area (Å²) in [6.45, 7) is 1.65. The van der Waals surface area contributed by atoms with Crippen LogP contribution in [-0.2, 0) is 10.0 Å². The lowest BCUT2D eigenvalue weighted by Gasteiger charge is -2.32. The molecule has 118 valence electrons. The van der Waals surface area contributed by atoms with Gasteiger partial charge in [0.15, 0.2) is 0 Å². The van der Waals surface area contributed by atoms with Crippen molar-refractivity contribution in [1.29, 1.82) is 0 Å². The molecule has 0 aliphatic heterocycles. The van der Waals surface area contributed by atoms with E-state index < -0.39 is 15.6 Å². The summed E-state index contributed by atoms with van der Waals surface area (Å²) in [4.78, 5) is 0.0620. The summed E-state index contributed by atoms with van der Waals surface area (Å²) >= 11 is 5.88. The maximum absolute atomic E-state index is 12.4. The standard InChI is InChI=1S/C14H21ClN2O3S/c1-10-12(16)7-11(15)8-13(10)21(19,20)17-9-14(18)5-3-2-4-6-14/h7-8,17-18H,2-6,9,16H2,1H3. The molecular weight excluding hydrogens is 312 g/mol. The Morgan fingerprint density at radius 1 is 1.33 bits per heavy atom. The molecule has 0 saturated heterocycles. The van der Waals surface area contributed by atoms with E-state index in [1.807, 2.05) is 0 Å². The molecule has 1 saturated carbocycles. The molecule has 4 N–H and O–H groups in total. The molecule has 1 fully saturated rings. The lowest BCUT2D eigenvalue weighted by atomic mass is 9.85. The summed E-state index contributed by atoms with van der Waals surface area (Å²) in [7, 11) is -3.75. The Balaban J connectivity index is 2.19. The van der Waals surface area contributed by atoms with Gasteiger partial charge in [-0.2, -0.15) is 0 Å². The Morgan fingerprint density at radius 2 is 1.95 bits per heavy atom. The van der Waals surface area contributed by atoms with E-state index in [2.05, 4.69) is 4.72 Å². The second-order valence-corrected chi connectivity index (χ2v) is 7.90. The number of rotatable bonds is 4. The fraction of sp³-hybridized carbons (Fsp3) is 0.571. The number of hydrogen-bond donors (Lipinski definition) is 3.